The molecule has 0 saturated heterocycles. The van der Waals surface area contributed by atoms with E-state index in [9.17, 15) is 4.79 Å². The van der Waals surface area contributed by atoms with Crippen molar-refractivity contribution in [3.05, 3.63) is 29.8 Å². The fourth-order valence-electron chi connectivity index (χ4n) is 3.32. The topological polar surface area (TPSA) is 59.8 Å². The van der Waals surface area contributed by atoms with Crippen LogP contribution < -0.4 is 5.32 Å². The van der Waals surface area contributed by atoms with Gasteiger partial charge in [-0.05, 0) is 25.3 Å². The summed E-state index contributed by atoms with van der Waals surface area (Å²) in [4.78, 5) is 12.2. The summed E-state index contributed by atoms with van der Waals surface area (Å²) in [6.07, 6.45) is 7.25. The van der Waals surface area contributed by atoms with Crippen molar-refractivity contribution in [3.63, 3.8) is 0 Å². The highest BCUT2D eigenvalue weighted by Crippen LogP contribution is 2.25. The van der Waals surface area contributed by atoms with E-state index in [0.717, 1.165) is 29.4 Å². The summed E-state index contributed by atoms with van der Waals surface area (Å²) >= 11 is 1.45. The predicted molar refractivity (Wildman–Crippen MR) is 102 cm³/mol. The van der Waals surface area contributed by atoms with Crippen LogP contribution in [0.1, 0.15) is 44.1 Å². The van der Waals surface area contributed by atoms with Gasteiger partial charge in [0.2, 0.25) is 5.91 Å². The maximum absolute atomic E-state index is 12.2. The van der Waals surface area contributed by atoms with Crippen LogP contribution in [0.2, 0.25) is 0 Å². The van der Waals surface area contributed by atoms with Crippen LogP contribution in [0.3, 0.4) is 0 Å². The van der Waals surface area contributed by atoms with Crippen molar-refractivity contribution in [3.8, 4) is 11.4 Å². The lowest BCUT2D eigenvalue weighted by atomic mass is 10.1. The van der Waals surface area contributed by atoms with Gasteiger partial charge in [-0.1, -0.05) is 61.7 Å². The molecule has 25 heavy (non-hydrogen) atoms. The number of amides is 1. The first kappa shape index (κ1) is 18.0. The Morgan fingerprint density at radius 2 is 1.92 bits per heavy atom. The Hall–Kier alpha value is -1.82. The molecule has 1 amide bonds. The molecule has 3 rings (SSSR count). The first-order chi connectivity index (χ1) is 12.1. The fraction of sp³-hybridized carbons (Fsp3) is 0.526. The smallest absolute Gasteiger partial charge is 0.230 e. The molecule has 1 fully saturated rings. The van der Waals surface area contributed by atoms with E-state index >= 15 is 0 Å². The van der Waals surface area contributed by atoms with Crippen LogP contribution in [-0.2, 0) is 11.8 Å². The highest BCUT2D eigenvalue weighted by atomic mass is 32.2. The number of carbonyl (C=O) groups excluding carboxylic acids is 1. The molecule has 6 heteroatoms. The van der Waals surface area contributed by atoms with Gasteiger partial charge >= 0.3 is 0 Å². The molecule has 0 radical (unpaired) electrons. The highest BCUT2D eigenvalue weighted by molar-refractivity contribution is 7.99. The summed E-state index contributed by atoms with van der Waals surface area (Å²) in [5.41, 5.74) is 2.24. The van der Waals surface area contributed by atoms with Crippen LogP contribution in [0.5, 0.6) is 0 Å². The minimum Gasteiger partial charge on any atom is -0.353 e. The van der Waals surface area contributed by atoms with E-state index in [1.54, 1.807) is 0 Å². The monoisotopic (exact) mass is 358 g/mol. The third-order valence-corrected chi connectivity index (χ3v) is 5.79. The van der Waals surface area contributed by atoms with Crippen LogP contribution >= 0.6 is 11.8 Å². The number of hydrogen-bond donors (Lipinski definition) is 1. The third kappa shape index (κ3) is 4.63. The van der Waals surface area contributed by atoms with Crippen molar-refractivity contribution in [2.24, 2.45) is 7.05 Å². The van der Waals surface area contributed by atoms with Gasteiger partial charge < -0.3 is 9.88 Å². The summed E-state index contributed by atoms with van der Waals surface area (Å²) in [7, 11) is 1.95. The molecule has 0 unspecified atom stereocenters. The second-order valence-electron chi connectivity index (χ2n) is 6.72. The van der Waals surface area contributed by atoms with Gasteiger partial charge in [-0.25, -0.2) is 0 Å². The SMILES string of the molecule is Cc1ccccc1-c1nnc(SCC(=O)NC2CCCCCC2)n1C. The molecule has 0 spiro atoms. The largest absolute Gasteiger partial charge is 0.353 e. The molecule has 0 bridgehead atoms. The summed E-state index contributed by atoms with van der Waals surface area (Å²) in [5, 5.41) is 12.5. The highest BCUT2D eigenvalue weighted by Gasteiger charge is 2.17. The first-order valence-electron chi connectivity index (χ1n) is 9.02. The van der Waals surface area contributed by atoms with E-state index in [1.165, 1.54) is 43.0 Å². The Morgan fingerprint density at radius 1 is 1.20 bits per heavy atom. The normalized spacial score (nSPS) is 15.8. The van der Waals surface area contributed by atoms with Gasteiger partial charge in [-0.15, -0.1) is 10.2 Å². The Labute approximate surface area is 153 Å². The van der Waals surface area contributed by atoms with E-state index in [-0.39, 0.29) is 5.91 Å². The van der Waals surface area contributed by atoms with Crippen LogP contribution in [0, 0.1) is 6.92 Å². The van der Waals surface area contributed by atoms with Crippen LogP contribution in [0.15, 0.2) is 29.4 Å². The maximum atomic E-state index is 12.2. The van der Waals surface area contributed by atoms with Gasteiger partial charge in [-0.2, -0.15) is 0 Å². The van der Waals surface area contributed by atoms with Gasteiger partial charge in [0.1, 0.15) is 0 Å². The molecule has 5 nitrogen and oxygen atoms in total. The Balaban J connectivity index is 1.58. The van der Waals surface area contributed by atoms with Gasteiger partial charge in [0.25, 0.3) is 0 Å². The van der Waals surface area contributed by atoms with Crippen molar-refractivity contribution in [1.29, 1.82) is 0 Å². The summed E-state index contributed by atoms with van der Waals surface area (Å²) < 4.78 is 1.96. The molecule has 1 aliphatic rings. The zero-order chi connectivity index (χ0) is 17.6. The van der Waals surface area contributed by atoms with E-state index in [2.05, 4.69) is 28.5 Å². The standard InChI is InChI=1S/C19H26N4OS/c1-14-9-7-8-12-16(14)18-21-22-19(23(18)2)25-13-17(24)20-15-10-5-3-4-6-11-15/h7-9,12,15H,3-6,10-11,13H2,1-2H3,(H,20,24). The molecule has 1 heterocycles. The number of aromatic nitrogens is 3. The van der Waals surface area contributed by atoms with E-state index in [1.807, 2.05) is 29.8 Å². The van der Waals surface area contributed by atoms with E-state index in [4.69, 9.17) is 0 Å². The van der Waals surface area contributed by atoms with Crippen molar-refractivity contribution in [1.82, 2.24) is 20.1 Å². The molecule has 0 atom stereocenters. The van der Waals surface area contributed by atoms with Gasteiger partial charge in [-0.3, -0.25) is 4.79 Å². The van der Waals surface area contributed by atoms with E-state index < -0.39 is 0 Å². The lowest BCUT2D eigenvalue weighted by Gasteiger charge is -2.15. The van der Waals surface area contributed by atoms with Gasteiger partial charge in [0, 0.05) is 18.7 Å². The molecule has 0 aliphatic heterocycles. The number of hydrogen-bond acceptors (Lipinski definition) is 4. The molecular formula is C19H26N4OS. The van der Waals surface area contributed by atoms with Crippen molar-refractivity contribution in [2.45, 2.75) is 56.6 Å². The van der Waals surface area contributed by atoms with Gasteiger partial charge in [0.05, 0.1) is 5.75 Å². The predicted octanol–water partition coefficient (Wildman–Crippen LogP) is 3.72. The van der Waals surface area contributed by atoms with Crippen LogP contribution in [-0.4, -0.2) is 32.5 Å². The molecule has 134 valence electrons. The number of nitrogens with zero attached hydrogens (tertiary/aromatic N) is 3. The first-order valence-corrected chi connectivity index (χ1v) is 10.0. The van der Waals surface area contributed by atoms with Crippen LogP contribution in [0.25, 0.3) is 11.4 Å². The molecule has 1 aromatic carbocycles. The molecule has 2 aromatic rings. The number of rotatable bonds is 5. The molecule has 1 N–H and O–H groups in total. The molecule has 1 aromatic heterocycles. The lowest BCUT2D eigenvalue weighted by Crippen LogP contribution is -2.35. The summed E-state index contributed by atoms with van der Waals surface area (Å²) in [6.45, 7) is 2.07. The second kappa shape index (κ2) is 8.52. The van der Waals surface area contributed by atoms with Crippen molar-refractivity contribution in [2.75, 3.05) is 5.75 Å². The number of thioether (sulfide) groups is 1. The van der Waals surface area contributed by atoms with Crippen molar-refractivity contribution >= 4 is 17.7 Å². The average Bonchev–Trinajstić information content (AvgIpc) is 2.80. The molecular weight excluding hydrogens is 332 g/mol. The number of carbonyl (C=O) groups is 1. The maximum Gasteiger partial charge on any atom is 0.230 e. The zero-order valence-corrected chi connectivity index (χ0v) is 15.8. The quantitative estimate of drug-likeness (QED) is 0.654. The Kier molecular flexibility index (Phi) is 6.13. The minimum atomic E-state index is 0.0948. The van der Waals surface area contributed by atoms with Gasteiger partial charge in [0.15, 0.2) is 11.0 Å². The molecule has 1 saturated carbocycles. The third-order valence-electron chi connectivity index (χ3n) is 4.77. The average molecular weight is 359 g/mol. The minimum absolute atomic E-state index is 0.0948. The lowest BCUT2D eigenvalue weighted by molar-refractivity contribution is -0.119. The van der Waals surface area contributed by atoms with Crippen LogP contribution in [0.4, 0.5) is 0 Å². The Bertz CT molecular complexity index is 720. The van der Waals surface area contributed by atoms with E-state index in [0.29, 0.717) is 11.8 Å². The van der Waals surface area contributed by atoms with Crippen molar-refractivity contribution < 1.29 is 4.79 Å². The number of nitrogens with one attached hydrogen (secondary N) is 1. The summed E-state index contributed by atoms with van der Waals surface area (Å²) in [6, 6.07) is 8.48. The summed E-state index contributed by atoms with van der Waals surface area (Å²) in [5.74, 6) is 1.32. The molecule has 1 aliphatic carbocycles. The second-order valence-corrected chi connectivity index (χ2v) is 7.67. The number of benzene rings is 1. The number of aryl methyl sites for hydroxylation is 1. The fourth-order valence-corrected chi connectivity index (χ4v) is 4.04. The Morgan fingerprint density at radius 3 is 2.64 bits per heavy atom. The zero-order valence-electron chi connectivity index (χ0n) is 15.0.